The van der Waals surface area contributed by atoms with Gasteiger partial charge in [0.25, 0.3) is 0 Å². The molecule has 0 aliphatic rings. The third kappa shape index (κ3) is 4.58. The van der Waals surface area contributed by atoms with Crippen molar-refractivity contribution in [1.82, 2.24) is 19.7 Å². The SMILES string of the molecule is CC(c1ccccc1)n1c(SCC(=O)Nc2ccccc2)nnc1-c1cccnc1. The maximum Gasteiger partial charge on any atom is 0.234 e. The summed E-state index contributed by atoms with van der Waals surface area (Å²) in [5.74, 6) is 0.878. The van der Waals surface area contributed by atoms with Crippen LogP contribution in [0.5, 0.6) is 0 Å². The van der Waals surface area contributed by atoms with E-state index in [1.807, 2.05) is 60.7 Å². The number of carbonyl (C=O) groups excluding carboxylic acids is 1. The molecule has 150 valence electrons. The second-order valence-electron chi connectivity index (χ2n) is 6.71. The second-order valence-corrected chi connectivity index (χ2v) is 7.65. The molecule has 6 nitrogen and oxygen atoms in total. The number of carbonyl (C=O) groups is 1. The van der Waals surface area contributed by atoms with Crippen molar-refractivity contribution in [3.05, 3.63) is 90.8 Å². The number of benzene rings is 2. The van der Waals surface area contributed by atoms with Crippen LogP contribution in [0.1, 0.15) is 18.5 Å². The highest BCUT2D eigenvalue weighted by molar-refractivity contribution is 7.99. The van der Waals surface area contributed by atoms with E-state index >= 15 is 0 Å². The number of anilines is 1. The molecule has 2 heterocycles. The van der Waals surface area contributed by atoms with Crippen LogP contribution < -0.4 is 5.32 Å². The van der Waals surface area contributed by atoms with Crippen LogP contribution in [0.25, 0.3) is 11.4 Å². The molecule has 0 bridgehead atoms. The molecule has 0 aliphatic carbocycles. The lowest BCUT2D eigenvalue weighted by molar-refractivity contribution is -0.113. The smallest absolute Gasteiger partial charge is 0.234 e. The monoisotopic (exact) mass is 415 g/mol. The van der Waals surface area contributed by atoms with Gasteiger partial charge in [-0.1, -0.05) is 60.3 Å². The maximum atomic E-state index is 12.4. The molecule has 7 heteroatoms. The van der Waals surface area contributed by atoms with Crippen LogP contribution in [-0.4, -0.2) is 31.4 Å². The normalized spacial score (nSPS) is 11.8. The Hall–Kier alpha value is -3.45. The minimum absolute atomic E-state index is 0.00362. The van der Waals surface area contributed by atoms with Crippen molar-refractivity contribution in [2.75, 3.05) is 11.1 Å². The van der Waals surface area contributed by atoms with Gasteiger partial charge in [0, 0.05) is 23.6 Å². The van der Waals surface area contributed by atoms with Crippen LogP contribution in [0.2, 0.25) is 0 Å². The van der Waals surface area contributed by atoms with Crippen molar-refractivity contribution in [3.8, 4) is 11.4 Å². The van der Waals surface area contributed by atoms with E-state index < -0.39 is 0 Å². The molecule has 30 heavy (non-hydrogen) atoms. The van der Waals surface area contributed by atoms with Gasteiger partial charge in [0.05, 0.1) is 11.8 Å². The number of aromatic nitrogens is 4. The van der Waals surface area contributed by atoms with Crippen LogP contribution in [0.15, 0.2) is 90.3 Å². The summed E-state index contributed by atoms with van der Waals surface area (Å²) < 4.78 is 2.06. The fraction of sp³-hybridized carbons (Fsp3) is 0.130. The van der Waals surface area contributed by atoms with Crippen LogP contribution in [0, 0.1) is 0 Å². The van der Waals surface area contributed by atoms with Crippen molar-refractivity contribution < 1.29 is 4.79 Å². The van der Waals surface area contributed by atoms with Gasteiger partial charge in [0.2, 0.25) is 5.91 Å². The predicted octanol–water partition coefficient (Wildman–Crippen LogP) is 4.68. The quantitative estimate of drug-likeness (QED) is 0.444. The number of nitrogens with one attached hydrogen (secondary N) is 1. The molecule has 0 saturated heterocycles. The first-order valence-electron chi connectivity index (χ1n) is 9.60. The lowest BCUT2D eigenvalue weighted by Crippen LogP contribution is -2.15. The molecule has 2 aromatic carbocycles. The Morgan fingerprint density at radius 3 is 2.43 bits per heavy atom. The minimum Gasteiger partial charge on any atom is -0.325 e. The van der Waals surface area contributed by atoms with E-state index in [1.165, 1.54) is 11.8 Å². The van der Waals surface area contributed by atoms with E-state index in [-0.39, 0.29) is 17.7 Å². The molecular formula is C23H21N5OS. The summed E-state index contributed by atoms with van der Waals surface area (Å²) in [5.41, 5.74) is 2.80. The largest absolute Gasteiger partial charge is 0.325 e. The Morgan fingerprint density at radius 1 is 1.00 bits per heavy atom. The summed E-state index contributed by atoms with van der Waals surface area (Å²) in [5, 5.41) is 12.4. The van der Waals surface area contributed by atoms with E-state index in [0.717, 1.165) is 22.6 Å². The lowest BCUT2D eigenvalue weighted by atomic mass is 10.1. The second kappa shape index (κ2) is 9.37. The highest BCUT2D eigenvalue weighted by Crippen LogP contribution is 2.30. The van der Waals surface area contributed by atoms with Gasteiger partial charge in [-0.3, -0.25) is 14.3 Å². The fourth-order valence-electron chi connectivity index (χ4n) is 3.15. The lowest BCUT2D eigenvalue weighted by Gasteiger charge is -2.18. The molecule has 1 N–H and O–H groups in total. The van der Waals surface area contributed by atoms with E-state index in [0.29, 0.717) is 5.16 Å². The van der Waals surface area contributed by atoms with Gasteiger partial charge in [0.1, 0.15) is 0 Å². The number of pyridine rings is 1. The molecule has 1 unspecified atom stereocenters. The molecule has 4 rings (SSSR count). The fourth-order valence-corrected chi connectivity index (χ4v) is 3.96. The van der Waals surface area contributed by atoms with E-state index in [1.54, 1.807) is 12.4 Å². The number of hydrogen-bond acceptors (Lipinski definition) is 5. The third-order valence-corrected chi connectivity index (χ3v) is 5.59. The molecule has 4 aromatic rings. The van der Waals surface area contributed by atoms with Gasteiger partial charge >= 0.3 is 0 Å². The van der Waals surface area contributed by atoms with Crippen LogP contribution >= 0.6 is 11.8 Å². The summed E-state index contributed by atoms with van der Waals surface area (Å²) in [6, 6.07) is 23.4. The Balaban J connectivity index is 1.59. The summed E-state index contributed by atoms with van der Waals surface area (Å²) in [7, 11) is 0. The molecule has 1 amide bonds. The van der Waals surface area contributed by atoms with E-state index in [4.69, 9.17) is 0 Å². The van der Waals surface area contributed by atoms with Crippen molar-refractivity contribution in [2.45, 2.75) is 18.1 Å². The van der Waals surface area contributed by atoms with Crippen molar-refractivity contribution >= 4 is 23.4 Å². The zero-order valence-electron chi connectivity index (χ0n) is 16.5. The third-order valence-electron chi connectivity index (χ3n) is 4.64. The summed E-state index contributed by atoms with van der Waals surface area (Å²) in [4.78, 5) is 16.6. The average Bonchev–Trinajstić information content (AvgIpc) is 3.23. The van der Waals surface area contributed by atoms with Crippen molar-refractivity contribution in [3.63, 3.8) is 0 Å². The summed E-state index contributed by atoms with van der Waals surface area (Å²) in [6.07, 6.45) is 3.50. The molecular weight excluding hydrogens is 394 g/mol. The summed E-state index contributed by atoms with van der Waals surface area (Å²) >= 11 is 1.37. The van der Waals surface area contributed by atoms with Gasteiger partial charge in [-0.25, -0.2) is 0 Å². The van der Waals surface area contributed by atoms with Crippen LogP contribution in [0.3, 0.4) is 0 Å². The van der Waals surface area contributed by atoms with Gasteiger partial charge < -0.3 is 5.32 Å². The molecule has 1 atom stereocenters. The molecule has 0 radical (unpaired) electrons. The van der Waals surface area contributed by atoms with Crippen LogP contribution in [-0.2, 0) is 4.79 Å². The first kappa shape index (κ1) is 19.8. The first-order valence-corrected chi connectivity index (χ1v) is 10.6. The summed E-state index contributed by atoms with van der Waals surface area (Å²) in [6.45, 7) is 2.10. The molecule has 0 saturated carbocycles. The Morgan fingerprint density at radius 2 is 1.73 bits per heavy atom. The highest BCUT2D eigenvalue weighted by atomic mass is 32.2. The van der Waals surface area contributed by atoms with Crippen molar-refractivity contribution in [2.24, 2.45) is 0 Å². The van der Waals surface area contributed by atoms with Crippen molar-refractivity contribution in [1.29, 1.82) is 0 Å². The van der Waals surface area contributed by atoms with Gasteiger partial charge in [-0.05, 0) is 36.8 Å². The molecule has 0 aliphatic heterocycles. The number of thioether (sulfide) groups is 1. The predicted molar refractivity (Wildman–Crippen MR) is 119 cm³/mol. The first-order chi connectivity index (χ1) is 14.7. The van der Waals surface area contributed by atoms with E-state index in [9.17, 15) is 4.79 Å². The zero-order chi connectivity index (χ0) is 20.8. The highest BCUT2D eigenvalue weighted by Gasteiger charge is 2.21. The van der Waals surface area contributed by atoms with Crippen LogP contribution in [0.4, 0.5) is 5.69 Å². The average molecular weight is 416 g/mol. The maximum absolute atomic E-state index is 12.4. The number of hydrogen-bond donors (Lipinski definition) is 1. The number of rotatable bonds is 7. The molecule has 0 fully saturated rings. The number of para-hydroxylation sites is 1. The van der Waals surface area contributed by atoms with Gasteiger partial charge in [-0.15, -0.1) is 10.2 Å². The van der Waals surface area contributed by atoms with Gasteiger partial charge in [0.15, 0.2) is 11.0 Å². The topological polar surface area (TPSA) is 72.7 Å². The minimum atomic E-state index is -0.0870. The standard InChI is InChI=1S/C23H21N5OS/c1-17(18-9-4-2-5-10-18)28-22(19-11-8-14-24-15-19)26-27-23(28)30-16-21(29)25-20-12-6-3-7-13-20/h2-15,17H,16H2,1H3,(H,25,29). The van der Waals surface area contributed by atoms with Gasteiger partial charge in [-0.2, -0.15) is 0 Å². The molecule has 2 aromatic heterocycles. The Bertz CT molecular complexity index is 1100. The Kier molecular flexibility index (Phi) is 6.20. The Labute approximate surface area is 179 Å². The molecule has 0 spiro atoms. The zero-order valence-corrected chi connectivity index (χ0v) is 17.3. The number of nitrogens with zero attached hydrogens (tertiary/aromatic N) is 4. The van der Waals surface area contributed by atoms with E-state index in [2.05, 4.69) is 44.1 Å². The number of amides is 1.